The van der Waals surface area contributed by atoms with E-state index in [0.717, 1.165) is 37.0 Å². The molecule has 106 valence electrons. The minimum atomic E-state index is 0.606. The van der Waals surface area contributed by atoms with Crippen LogP contribution in [-0.4, -0.2) is 35.6 Å². The van der Waals surface area contributed by atoms with Gasteiger partial charge in [0.1, 0.15) is 11.6 Å². The number of nitrogens with one attached hydrogen (secondary N) is 1. The molecule has 1 N–H and O–H groups in total. The van der Waals surface area contributed by atoms with E-state index in [1.54, 1.807) is 0 Å². The van der Waals surface area contributed by atoms with Crippen molar-refractivity contribution in [2.45, 2.75) is 46.6 Å². The Labute approximate surface area is 116 Å². The van der Waals surface area contributed by atoms with Gasteiger partial charge < -0.3 is 10.2 Å². The van der Waals surface area contributed by atoms with Crippen LogP contribution < -0.4 is 10.2 Å². The molecule has 19 heavy (non-hydrogen) atoms. The van der Waals surface area contributed by atoms with Crippen molar-refractivity contribution in [1.82, 2.24) is 15.3 Å². The normalized spacial score (nSPS) is 19.1. The molecule has 2 rings (SSSR count). The van der Waals surface area contributed by atoms with Crippen LogP contribution in [0.25, 0.3) is 0 Å². The second-order valence-corrected chi connectivity index (χ2v) is 6.01. The summed E-state index contributed by atoms with van der Waals surface area (Å²) in [6.45, 7) is 11.8. The summed E-state index contributed by atoms with van der Waals surface area (Å²) in [5.41, 5.74) is 1.05. The van der Waals surface area contributed by atoms with Crippen LogP contribution in [0.5, 0.6) is 0 Å². The van der Waals surface area contributed by atoms with Crippen molar-refractivity contribution in [3.05, 3.63) is 17.6 Å². The zero-order valence-electron chi connectivity index (χ0n) is 12.6. The van der Waals surface area contributed by atoms with Gasteiger partial charge in [-0.25, -0.2) is 9.97 Å². The second kappa shape index (κ2) is 6.33. The van der Waals surface area contributed by atoms with Crippen LogP contribution in [0.3, 0.4) is 0 Å². The quantitative estimate of drug-likeness (QED) is 0.884. The van der Waals surface area contributed by atoms with Crippen LogP contribution in [0, 0.1) is 19.8 Å². The third kappa shape index (κ3) is 4.16. The van der Waals surface area contributed by atoms with Gasteiger partial charge >= 0.3 is 0 Å². The summed E-state index contributed by atoms with van der Waals surface area (Å²) >= 11 is 0. The molecule has 1 aliphatic rings. The molecular weight excluding hydrogens is 236 g/mol. The van der Waals surface area contributed by atoms with E-state index in [-0.39, 0.29) is 0 Å². The van der Waals surface area contributed by atoms with Crippen molar-refractivity contribution in [3.63, 3.8) is 0 Å². The fraction of sp³-hybridized carbons (Fsp3) is 0.733. The van der Waals surface area contributed by atoms with Crippen LogP contribution in [0.1, 0.15) is 38.2 Å². The zero-order chi connectivity index (χ0) is 13.8. The summed E-state index contributed by atoms with van der Waals surface area (Å²) in [7, 11) is 0. The van der Waals surface area contributed by atoms with Gasteiger partial charge in [0.2, 0.25) is 0 Å². The Balaban J connectivity index is 2.15. The van der Waals surface area contributed by atoms with E-state index in [9.17, 15) is 0 Å². The van der Waals surface area contributed by atoms with Crippen LogP contribution in [0.4, 0.5) is 5.82 Å². The van der Waals surface area contributed by atoms with Gasteiger partial charge in [0.15, 0.2) is 0 Å². The Kier molecular flexibility index (Phi) is 4.75. The highest BCUT2D eigenvalue weighted by Crippen LogP contribution is 2.17. The summed E-state index contributed by atoms with van der Waals surface area (Å²) < 4.78 is 0. The Bertz CT molecular complexity index is 390. The van der Waals surface area contributed by atoms with Gasteiger partial charge in [-0.15, -0.1) is 0 Å². The molecule has 1 fully saturated rings. The maximum absolute atomic E-state index is 4.62. The summed E-state index contributed by atoms with van der Waals surface area (Å²) in [5.74, 6) is 2.58. The first kappa shape index (κ1) is 14.3. The minimum absolute atomic E-state index is 0.606. The molecule has 1 unspecified atom stereocenters. The predicted molar refractivity (Wildman–Crippen MR) is 79.6 cm³/mol. The van der Waals surface area contributed by atoms with E-state index >= 15 is 0 Å². The third-order valence-electron chi connectivity index (χ3n) is 3.47. The lowest BCUT2D eigenvalue weighted by molar-refractivity contribution is 0.537. The van der Waals surface area contributed by atoms with E-state index in [1.807, 2.05) is 13.8 Å². The lowest BCUT2D eigenvalue weighted by Crippen LogP contribution is -2.40. The van der Waals surface area contributed by atoms with Crippen LogP contribution in [0.15, 0.2) is 6.07 Å². The smallest absolute Gasteiger partial charge is 0.132 e. The molecule has 4 heteroatoms. The molecule has 0 bridgehead atoms. The number of hydrogen-bond donors (Lipinski definition) is 1. The van der Waals surface area contributed by atoms with Crippen molar-refractivity contribution >= 4 is 5.82 Å². The molecule has 4 nitrogen and oxygen atoms in total. The first-order valence-electron chi connectivity index (χ1n) is 7.35. The fourth-order valence-corrected chi connectivity index (χ4v) is 2.74. The lowest BCUT2D eigenvalue weighted by atomic mass is 10.1. The average molecular weight is 262 g/mol. The SMILES string of the molecule is Cc1cc(N(CC(C)C)CC2CCCN2)nc(C)n1. The molecule has 1 aromatic rings. The highest BCUT2D eigenvalue weighted by molar-refractivity contribution is 5.40. The maximum atomic E-state index is 4.62. The lowest BCUT2D eigenvalue weighted by Gasteiger charge is -2.28. The van der Waals surface area contributed by atoms with Crippen molar-refractivity contribution in [2.24, 2.45) is 5.92 Å². The number of nitrogens with zero attached hydrogens (tertiary/aromatic N) is 3. The van der Waals surface area contributed by atoms with Gasteiger partial charge in [0, 0.05) is 30.9 Å². The molecule has 0 aromatic carbocycles. The molecule has 0 amide bonds. The molecule has 2 heterocycles. The van der Waals surface area contributed by atoms with Crippen LogP contribution in [-0.2, 0) is 0 Å². The van der Waals surface area contributed by atoms with Crippen LogP contribution >= 0.6 is 0 Å². The molecule has 1 aromatic heterocycles. The maximum Gasteiger partial charge on any atom is 0.132 e. The van der Waals surface area contributed by atoms with E-state index in [0.29, 0.717) is 12.0 Å². The summed E-state index contributed by atoms with van der Waals surface area (Å²) in [5, 5.41) is 3.57. The molecular formula is C15H26N4. The topological polar surface area (TPSA) is 41.0 Å². The predicted octanol–water partition coefficient (Wildman–Crippen LogP) is 2.31. The molecule has 0 saturated carbocycles. The first-order chi connectivity index (χ1) is 9.04. The van der Waals surface area contributed by atoms with E-state index in [2.05, 4.69) is 40.1 Å². The Morgan fingerprint density at radius 2 is 2.16 bits per heavy atom. The average Bonchev–Trinajstić information content (AvgIpc) is 2.79. The second-order valence-electron chi connectivity index (χ2n) is 6.01. The van der Waals surface area contributed by atoms with Crippen molar-refractivity contribution in [3.8, 4) is 0 Å². The van der Waals surface area contributed by atoms with Crippen molar-refractivity contribution in [2.75, 3.05) is 24.5 Å². The monoisotopic (exact) mass is 262 g/mol. The third-order valence-corrected chi connectivity index (χ3v) is 3.47. The minimum Gasteiger partial charge on any atom is -0.355 e. The highest BCUT2D eigenvalue weighted by Gasteiger charge is 2.20. The Morgan fingerprint density at radius 1 is 1.37 bits per heavy atom. The van der Waals surface area contributed by atoms with Crippen molar-refractivity contribution < 1.29 is 0 Å². The standard InChI is InChI=1S/C15H26N4/c1-11(2)9-19(10-14-6-5-7-16-14)15-8-12(3)17-13(4)18-15/h8,11,14,16H,5-7,9-10H2,1-4H3. The Hall–Kier alpha value is -1.16. The van der Waals surface area contributed by atoms with Crippen molar-refractivity contribution in [1.29, 1.82) is 0 Å². The van der Waals surface area contributed by atoms with Gasteiger partial charge in [-0.2, -0.15) is 0 Å². The number of aromatic nitrogens is 2. The molecule has 1 aliphatic heterocycles. The summed E-state index contributed by atoms with van der Waals surface area (Å²) in [6.07, 6.45) is 2.57. The van der Waals surface area contributed by atoms with Gasteiger partial charge in [-0.3, -0.25) is 0 Å². The summed E-state index contributed by atoms with van der Waals surface area (Å²) in [4.78, 5) is 11.4. The molecule has 1 saturated heterocycles. The largest absolute Gasteiger partial charge is 0.355 e. The van der Waals surface area contributed by atoms with Gasteiger partial charge in [0.05, 0.1) is 0 Å². The number of hydrogen-bond acceptors (Lipinski definition) is 4. The van der Waals surface area contributed by atoms with Gasteiger partial charge in [-0.1, -0.05) is 13.8 Å². The molecule has 0 aliphatic carbocycles. The zero-order valence-corrected chi connectivity index (χ0v) is 12.6. The fourth-order valence-electron chi connectivity index (χ4n) is 2.74. The van der Waals surface area contributed by atoms with E-state index < -0.39 is 0 Å². The molecule has 1 atom stereocenters. The summed E-state index contributed by atoms with van der Waals surface area (Å²) in [6, 6.07) is 2.71. The van der Waals surface area contributed by atoms with Gasteiger partial charge in [-0.05, 0) is 39.2 Å². The number of anilines is 1. The number of rotatable bonds is 5. The first-order valence-corrected chi connectivity index (χ1v) is 7.35. The van der Waals surface area contributed by atoms with Crippen LogP contribution in [0.2, 0.25) is 0 Å². The molecule has 0 radical (unpaired) electrons. The van der Waals surface area contributed by atoms with E-state index in [4.69, 9.17) is 0 Å². The van der Waals surface area contributed by atoms with Gasteiger partial charge in [0.25, 0.3) is 0 Å². The highest BCUT2D eigenvalue weighted by atomic mass is 15.2. The van der Waals surface area contributed by atoms with E-state index in [1.165, 1.54) is 12.8 Å². The molecule has 0 spiro atoms. The Morgan fingerprint density at radius 3 is 2.74 bits per heavy atom. The number of aryl methyl sites for hydroxylation is 2.